The summed E-state index contributed by atoms with van der Waals surface area (Å²) in [6, 6.07) is 12.0. The van der Waals surface area contributed by atoms with E-state index in [1.54, 1.807) is 6.07 Å². The van der Waals surface area contributed by atoms with Crippen molar-refractivity contribution in [2.45, 2.75) is 27.2 Å². The zero-order valence-electron chi connectivity index (χ0n) is 16.9. The van der Waals surface area contributed by atoms with Gasteiger partial charge in [-0.15, -0.1) is 0 Å². The average molecular weight is 409 g/mol. The standard InChI is InChI=1S/C23H21F2N3O2/c1-14-5-4-6-17(15(14)2)11-23(30)27-18-9-10-26-22(12-18)28(16(3)29)19-7-8-20(24)21(25)13-19/h4-10,12-13H,11H2,1-3H3,(H,26,27,30). The molecule has 0 spiro atoms. The zero-order valence-corrected chi connectivity index (χ0v) is 16.9. The van der Waals surface area contributed by atoms with Crippen molar-refractivity contribution in [3.63, 3.8) is 0 Å². The second kappa shape index (κ2) is 8.82. The molecule has 30 heavy (non-hydrogen) atoms. The van der Waals surface area contributed by atoms with Gasteiger partial charge >= 0.3 is 0 Å². The largest absolute Gasteiger partial charge is 0.326 e. The van der Waals surface area contributed by atoms with Crippen molar-refractivity contribution in [2.24, 2.45) is 0 Å². The topological polar surface area (TPSA) is 62.3 Å². The van der Waals surface area contributed by atoms with E-state index in [9.17, 15) is 18.4 Å². The van der Waals surface area contributed by atoms with Crippen LogP contribution in [0.2, 0.25) is 0 Å². The lowest BCUT2D eigenvalue weighted by atomic mass is 10.0. The Hall–Kier alpha value is -3.61. The molecule has 154 valence electrons. The van der Waals surface area contributed by atoms with E-state index in [-0.39, 0.29) is 23.8 Å². The Labute approximate surface area is 173 Å². The molecule has 1 aromatic heterocycles. The molecular formula is C23H21F2N3O2. The number of aromatic nitrogens is 1. The Balaban J connectivity index is 1.83. The number of carbonyl (C=O) groups is 2. The minimum Gasteiger partial charge on any atom is -0.326 e. The summed E-state index contributed by atoms with van der Waals surface area (Å²) in [7, 11) is 0. The van der Waals surface area contributed by atoms with Crippen LogP contribution in [0.25, 0.3) is 0 Å². The molecule has 3 aromatic rings. The Kier molecular flexibility index (Phi) is 6.20. The zero-order chi connectivity index (χ0) is 21.8. The first-order valence-electron chi connectivity index (χ1n) is 9.33. The first-order chi connectivity index (χ1) is 14.3. The first-order valence-corrected chi connectivity index (χ1v) is 9.33. The Morgan fingerprint density at radius 1 is 1.03 bits per heavy atom. The molecule has 2 aromatic carbocycles. The monoisotopic (exact) mass is 409 g/mol. The predicted molar refractivity (Wildman–Crippen MR) is 112 cm³/mol. The van der Waals surface area contributed by atoms with Crippen LogP contribution in [0.1, 0.15) is 23.6 Å². The van der Waals surface area contributed by atoms with E-state index in [0.717, 1.165) is 33.7 Å². The quantitative estimate of drug-likeness (QED) is 0.656. The SMILES string of the molecule is CC(=O)N(c1ccc(F)c(F)c1)c1cc(NC(=O)Cc2cccc(C)c2C)ccn1. The Morgan fingerprint density at radius 2 is 1.80 bits per heavy atom. The molecule has 0 unspecified atom stereocenters. The molecule has 0 aliphatic carbocycles. The van der Waals surface area contributed by atoms with E-state index in [0.29, 0.717) is 5.69 Å². The highest BCUT2D eigenvalue weighted by Gasteiger charge is 2.18. The number of benzene rings is 2. The lowest BCUT2D eigenvalue weighted by Gasteiger charge is -2.21. The molecule has 0 aliphatic rings. The van der Waals surface area contributed by atoms with Gasteiger partial charge in [0.15, 0.2) is 11.6 Å². The summed E-state index contributed by atoms with van der Waals surface area (Å²) in [5, 5.41) is 2.79. The minimum atomic E-state index is -1.07. The maximum absolute atomic E-state index is 13.6. The number of rotatable bonds is 5. The van der Waals surface area contributed by atoms with Crippen LogP contribution >= 0.6 is 0 Å². The first kappa shape index (κ1) is 21.1. The van der Waals surface area contributed by atoms with E-state index < -0.39 is 17.5 Å². The van der Waals surface area contributed by atoms with Crippen molar-refractivity contribution in [1.82, 2.24) is 4.98 Å². The summed E-state index contributed by atoms with van der Waals surface area (Å²) in [6.45, 7) is 5.24. The second-order valence-electron chi connectivity index (χ2n) is 6.94. The summed E-state index contributed by atoms with van der Waals surface area (Å²) >= 11 is 0. The molecule has 1 heterocycles. The maximum Gasteiger partial charge on any atom is 0.229 e. The molecule has 0 fully saturated rings. The molecule has 0 saturated carbocycles. The summed E-state index contributed by atoms with van der Waals surface area (Å²) in [5.41, 5.74) is 3.66. The number of hydrogen-bond donors (Lipinski definition) is 1. The molecule has 5 nitrogen and oxygen atoms in total. The van der Waals surface area contributed by atoms with Crippen LogP contribution in [0.4, 0.5) is 26.0 Å². The van der Waals surface area contributed by atoms with Crippen LogP contribution in [-0.4, -0.2) is 16.8 Å². The van der Waals surface area contributed by atoms with Crippen LogP contribution < -0.4 is 10.2 Å². The lowest BCUT2D eigenvalue weighted by Crippen LogP contribution is -2.24. The number of nitrogens with zero attached hydrogens (tertiary/aromatic N) is 2. The van der Waals surface area contributed by atoms with Gasteiger partial charge in [-0.3, -0.25) is 14.5 Å². The van der Waals surface area contributed by atoms with Crippen LogP contribution in [-0.2, 0) is 16.0 Å². The molecule has 3 rings (SSSR count). The number of pyridine rings is 1. The van der Waals surface area contributed by atoms with Crippen molar-refractivity contribution >= 4 is 29.0 Å². The van der Waals surface area contributed by atoms with Crippen molar-refractivity contribution in [3.8, 4) is 0 Å². The fraction of sp³-hybridized carbons (Fsp3) is 0.174. The van der Waals surface area contributed by atoms with E-state index in [1.807, 2.05) is 32.0 Å². The molecule has 1 N–H and O–H groups in total. The maximum atomic E-state index is 13.6. The molecule has 0 saturated heterocycles. The van der Waals surface area contributed by atoms with Gasteiger partial charge < -0.3 is 5.32 Å². The van der Waals surface area contributed by atoms with Crippen LogP contribution in [0.15, 0.2) is 54.7 Å². The van der Waals surface area contributed by atoms with Gasteiger partial charge in [0.2, 0.25) is 11.8 Å². The molecule has 7 heteroatoms. The van der Waals surface area contributed by atoms with Gasteiger partial charge in [0.1, 0.15) is 5.82 Å². The van der Waals surface area contributed by atoms with Gasteiger partial charge in [-0.1, -0.05) is 18.2 Å². The Morgan fingerprint density at radius 3 is 2.50 bits per heavy atom. The van der Waals surface area contributed by atoms with Gasteiger partial charge in [-0.05, 0) is 48.7 Å². The van der Waals surface area contributed by atoms with Crippen molar-refractivity contribution < 1.29 is 18.4 Å². The summed E-state index contributed by atoms with van der Waals surface area (Å²) in [5.74, 6) is -2.56. The number of carbonyl (C=O) groups excluding carboxylic acids is 2. The summed E-state index contributed by atoms with van der Waals surface area (Å²) in [4.78, 5) is 30.0. The van der Waals surface area contributed by atoms with Gasteiger partial charge in [0.05, 0.1) is 12.1 Å². The van der Waals surface area contributed by atoms with Gasteiger partial charge in [-0.2, -0.15) is 0 Å². The molecule has 0 aliphatic heterocycles. The molecule has 0 bridgehead atoms. The van der Waals surface area contributed by atoms with Crippen LogP contribution in [0, 0.1) is 25.5 Å². The van der Waals surface area contributed by atoms with Gasteiger partial charge in [-0.25, -0.2) is 13.8 Å². The minimum absolute atomic E-state index is 0.132. The van der Waals surface area contributed by atoms with E-state index in [4.69, 9.17) is 0 Å². The van der Waals surface area contributed by atoms with E-state index >= 15 is 0 Å². The number of halogens is 2. The number of nitrogens with one attached hydrogen (secondary N) is 1. The van der Waals surface area contributed by atoms with Gasteiger partial charge in [0.25, 0.3) is 0 Å². The number of aryl methyl sites for hydroxylation is 1. The molecule has 0 atom stereocenters. The van der Waals surface area contributed by atoms with Crippen LogP contribution in [0.5, 0.6) is 0 Å². The number of hydrogen-bond acceptors (Lipinski definition) is 3. The predicted octanol–water partition coefficient (Wildman–Crippen LogP) is 4.84. The van der Waals surface area contributed by atoms with Crippen molar-refractivity contribution in [2.75, 3.05) is 10.2 Å². The lowest BCUT2D eigenvalue weighted by molar-refractivity contribution is -0.116. The number of amides is 2. The number of anilines is 3. The van der Waals surface area contributed by atoms with E-state index in [2.05, 4.69) is 10.3 Å². The fourth-order valence-electron chi connectivity index (χ4n) is 3.10. The second-order valence-corrected chi connectivity index (χ2v) is 6.94. The van der Waals surface area contributed by atoms with Crippen LogP contribution in [0.3, 0.4) is 0 Å². The molecule has 2 amide bonds. The highest BCUT2D eigenvalue weighted by atomic mass is 19.2. The van der Waals surface area contributed by atoms with Crippen molar-refractivity contribution in [3.05, 3.63) is 83.1 Å². The third-order valence-electron chi connectivity index (χ3n) is 4.80. The molecule has 0 radical (unpaired) electrons. The smallest absolute Gasteiger partial charge is 0.229 e. The average Bonchev–Trinajstić information content (AvgIpc) is 2.68. The van der Waals surface area contributed by atoms with Gasteiger partial charge in [0, 0.05) is 30.9 Å². The summed E-state index contributed by atoms with van der Waals surface area (Å²) < 4.78 is 26.9. The third-order valence-corrected chi connectivity index (χ3v) is 4.80. The normalized spacial score (nSPS) is 10.6. The highest BCUT2D eigenvalue weighted by molar-refractivity contribution is 5.99. The third kappa shape index (κ3) is 4.68. The highest BCUT2D eigenvalue weighted by Crippen LogP contribution is 2.27. The Bertz CT molecular complexity index is 1120. The van der Waals surface area contributed by atoms with E-state index in [1.165, 1.54) is 25.3 Å². The van der Waals surface area contributed by atoms with Crippen molar-refractivity contribution in [1.29, 1.82) is 0 Å². The molecular weight excluding hydrogens is 388 g/mol. The summed E-state index contributed by atoms with van der Waals surface area (Å²) in [6.07, 6.45) is 1.63. The fourth-order valence-corrected chi connectivity index (χ4v) is 3.10.